The van der Waals surface area contributed by atoms with Gasteiger partial charge in [0.1, 0.15) is 0 Å². The van der Waals surface area contributed by atoms with Gasteiger partial charge in [-0.15, -0.1) is 0 Å². The first-order valence-corrected chi connectivity index (χ1v) is 5.88. The van der Waals surface area contributed by atoms with E-state index in [0.29, 0.717) is 11.4 Å². The van der Waals surface area contributed by atoms with Crippen LogP contribution in [0.25, 0.3) is 0 Å². The minimum atomic E-state index is -0.541. The molecule has 1 heterocycles. The van der Waals surface area contributed by atoms with E-state index in [1.807, 2.05) is 31.2 Å². The fraction of sp³-hybridized carbons (Fsp3) is 0.214. The van der Waals surface area contributed by atoms with E-state index < -0.39 is 6.10 Å². The molecule has 0 aliphatic carbocycles. The van der Waals surface area contributed by atoms with E-state index in [1.54, 1.807) is 18.3 Å². The molecule has 0 saturated carbocycles. The van der Waals surface area contributed by atoms with Gasteiger partial charge in [-0.1, -0.05) is 29.8 Å². The number of hydrogen-bond donors (Lipinski definition) is 1. The Hall–Kier alpha value is -1.38. The Labute approximate surface area is 106 Å². The highest BCUT2D eigenvalue weighted by Gasteiger charge is 2.10. The molecular weight excluding hydrogens is 234 g/mol. The highest BCUT2D eigenvalue weighted by atomic mass is 35.5. The minimum Gasteiger partial charge on any atom is -0.388 e. The summed E-state index contributed by atoms with van der Waals surface area (Å²) < 4.78 is 0. The first-order valence-electron chi connectivity index (χ1n) is 5.51. The Balaban J connectivity index is 2.14. The van der Waals surface area contributed by atoms with Crippen LogP contribution in [-0.2, 0) is 6.42 Å². The van der Waals surface area contributed by atoms with Crippen molar-refractivity contribution in [3.05, 3.63) is 64.4 Å². The van der Waals surface area contributed by atoms with Crippen LogP contribution in [-0.4, -0.2) is 10.1 Å². The molecule has 1 unspecified atom stereocenters. The van der Waals surface area contributed by atoms with Gasteiger partial charge < -0.3 is 5.11 Å². The number of aromatic nitrogens is 1. The summed E-state index contributed by atoms with van der Waals surface area (Å²) in [5.41, 5.74) is 2.88. The molecule has 2 rings (SSSR count). The highest BCUT2D eigenvalue weighted by Crippen LogP contribution is 2.20. The lowest BCUT2D eigenvalue weighted by Crippen LogP contribution is -2.04. The molecule has 0 aliphatic heterocycles. The molecular formula is C14H14ClNO. The van der Waals surface area contributed by atoms with Crippen molar-refractivity contribution in [2.24, 2.45) is 0 Å². The molecule has 0 radical (unpaired) electrons. The number of nitrogens with zero attached hydrogens (tertiary/aromatic N) is 1. The number of aryl methyl sites for hydroxylation is 1. The maximum atomic E-state index is 10.1. The van der Waals surface area contributed by atoms with Gasteiger partial charge in [0.2, 0.25) is 0 Å². The zero-order valence-corrected chi connectivity index (χ0v) is 10.4. The third-order valence-electron chi connectivity index (χ3n) is 2.76. The predicted molar refractivity (Wildman–Crippen MR) is 69.1 cm³/mol. The molecule has 0 bridgehead atoms. The van der Waals surface area contributed by atoms with Crippen molar-refractivity contribution in [2.75, 3.05) is 0 Å². The van der Waals surface area contributed by atoms with Gasteiger partial charge in [0.15, 0.2) is 0 Å². The van der Waals surface area contributed by atoms with Crippen molar-refractivity contribution in [3.8, 4) is 0 Å². The predicted octanol–water partition coefficient (Wildman–Crippen LogP) is 3.32. The molecule has 3 heteroatoms. The third kappa shape index (κ3) is 3.05. The summed E-state index contributed by atoms with van der Waals surface area (Å²) in [4.78, 5) is 4.28. The number of aliphatic hydroxyl groups is 1. The van der Waals surface area contributed by atoms with Crippen LogP contribution in [0.3, 0.4) is 0 Å². The largest absolute Gasteiger partial charge is 0.388 e. The van der Waals surface area contributed by atoms with Crippen LogP contribution in [0.2, 0.25) is 5.02 Å². The van der Waals surface area contributed by atoms with Crippen LogP contribution < -0.4 is 0 Å². The molecule has 1 atom stereocenters. The van der Waals surface area contributed by atoms with Gasteiger partial charge in [0, 0.05) is 23.3 Å². The van der Waals surface area contributed by atoms with Crippen molar-refractivity contribution < 1.29 is 5.11 Å². The lowest BCUT2D eigenvalue weighted by Gasteiger charge is -2.12. The van der Waals surface area contributed by atoms with Crippen LogP contribution >= 0.6 is 11.6 Å². The Bertz CT molecular complexity index is 496. The van der Waals surface area contributed by atoms with E-state index >= 15 is 0 Å². The molecule has 1 N–H and O–H groups in total. The summed E-state index contributed by atoms with van der Waals surface area (Å²) in [6.45, 7) is 2.00. The molecule has 0 saturated heterocycles. The Morgan fingerprint density at radius 3 is 2.59 bits per heavy atom. The number of hydrogen-bond acceptors (Lipinski definition) is 2. The van der Waals surface area contributed by atoms with Gasteiger partial charge in [0.05, 0.1) is 6.10 Å². The first kappa shape index (κ1) is 12.1. The monoisotopic (exact) mass is 247 g/mol. The van der Waals surface area contributed by atoms with E-state index in [2.05, 4.69) is 4.98 Å². The lowest BCUT2D eigenvalue weighted by molar-refractivity contribution is 0.177. The normalized spacial score (nSPS) is 12.4. The van der Waals surface area contributed by atoms with E-state index in [1.165, 1.54) is 0 Å². The summed E-state index contributed by atoms with van der Waals surface area (Å²) in [6.07, 6.45) is 1.73. The molecule has 0 amide bonds. The maximum Gasteiger partial charge on any atom is 0.0845 e. The summed E-state index contributed by atoms with van der Waals surface area (Å²) in [5.74, 6) is 0. The van der Waals surface area contributed by atoms with Crippen molar-refractivity contribution in [1.29, 1.82) is 0 Å². The lowest BCUT2D eigenvalue weighted by atomic mass is 10.0. The zero-order valence-electron chi connectivity index (χ0n) is 9.60. The second kappa shape index (κ2) is 5.30. The number of halogens is 1. The van der Waals surface area contributed by atoms with E-state index in [-0.39, 0.29) is 0 Å². The molecule has 2 aromatic rings. The Kier molecular flexibility index (Phi) is 3.77. The van der Waals surface area contributed by atoms with Crippen LogP contribution in [0.1, 0.15) is 22.9 Å². The van der Waals surface area contributed by atoms with Gasteiger partial charge in [-0.3, -0.25) is 4.98 Å². The molecule has 17 heavy (non-hydrogen) atoms. The topological polar surface area (TPSA) is 33.1 Å². The highest BCUT2D eigenvalue weighted by molar-refractivity contribution is 6.30. The molecule has 0 fully saturated rings. The summed E-state index contributed by atoms with van der Waals surface area (Å²) >= 11 is 5.81. The van der Waals surface area contributed by atoms with Crippen LogP contribution in [0, 0.1) is 6.92 Å². The summed E-state index contributed by atoms with van der Waals surface area (Å²) in [7, 11) is 0. The smallest absolute Gasteiger partial charge is 0.0845 e. The van der Waals surface area contributed by atoms with Crippen LogP contribution in [0.4, 0.5) is 0 Å². The number of benzene rings is 1. The van der Waals surface area contributed by atoms with Gasteiger partial charge in [0.25, 0.3) is 0 Å². The minimum absolute atomic E-state index is 0.522. The van der Waals surface area contributed by atoms with Gasteiger partial charge in [-0.05, 0) is 36.2 Å². The fourth-order valence-electron chi connectivity index (χ4n) is 1.72. The van der Waals surface area contributed by atoms with Crippen molar-refractivity contribution in [2.45, 2.75) is 19.4 Å². The number of rotatable bonds is 3. The molecule has 1 aromatic carbocycles. The fourth-order valence-corrected chi connectivity index (χ4v) is 1.84. The average molecular weight is 248 g/mol. The second-order valence-corrected chi connectivity index (χ2v) is 4.47. The van der Waals surface area contributed by atoms with Crippen LogP contribution in [0.15, 0.2) is 42.6 Å². The standard InChI is InChI=1S/C14H14ClNO/c1-10-3-2-8-16-13(10)9-14(17)11-4-6-12(15)7-5-11/h2-8,14,17H,9H2,1H3. The average Bonchev–Trinajstić information content (AvgIpc) is 2.33. The molecule has 2 nitrogen and oxygen atoms in total. The molecule has 88 valence electrons. The van der Waals surface area contributed by atoms with Crippen molar-refractivity contribution in [1.82, 2.24) is 4.98 Å². The Morgan fingerprint density at radius 2 is 1.94 bits per heavy atom. The van der Waals surface area contributed by atoms with Crippen molar-refractivity contribution in [3.63, 3.8) is 0 Å². The molecule has 0 spiro atoms. The van der Waals surface area contributed by atoms with Gasteiger partial charge >= 0.3 is 0 Å². The summed E-state index contributed by atoms with van der Waals surface area (Å²) in [5, 5.41) is 10.8. The quantitative estimate of drug-likeness (QED) is 0.903. The third-order valence-corrected chi connectivity index (χ3v) is 3.01. The molecule has 1 aromatic heterocycles. The summed E-state index contributed by atoms with van der Waals surface area (Å²) in [6, 6.07) is 11.1. The van der Waals surface area contributed by atoms with Gasteiger partial charge in [-0.25, -0.2) is 0 Å². The molecule has 0 aliphatic rings. The maximum absolute atomic E-state index is 10.1. The number of pyridine rings is 1. The zero-order chi connectivity index (χ0) is 12.3. The second-order valence-electron chi connectivity index (χ2n) is 4.04. The van der Waals surface area contributed by atoms with Gasteiger partial charge in [-0.2, -0.15) is 0 Å². The van der Waals surface area contributed by atoms with Crippen LogP contribution in [0.5, 0.6) is 0 Å². The van der Waals surface area contributed by atoms with E-state index in [9.17, 15) is 5.11 Å². The number of aliphatic hydroxyl groups excluding tert-OH is 1. The van der Waals surface area contributed by atoms with Crippen molar-refractivity contribution >= 4 is 11.6 Å². The van der Waals surface area contributed by atoms with E-state index in [4.69, 9.17) is 11.6 Å². The first-order chi connectivity index (χ1) is 8.16. The Morgan fingerprint density at radius 1 is 1.24 bits per heavy atom. The SMILES string of the molecule is Cc1cccnc1CC(O)c1ccc(Cl)cc1. The van der Waals surface area contributed by atoms with E-state index in [0.717, 1.165) is 16.8 Å².